The molecule has 0 bridgehead atoms. The summed E-state index contributed by atoms with van der Waals surface area (Å²) in [5.74, 6) is 0. The molecule has 0 aliphatic rings. The molecule has 0 heterocycles. The van der Waals surface area contributed by atoms with E-state index < -0.39 is 0 Å². The summed E-state index contributed by atoms with van der Waals surface area (Å²) in [5.41, 5.74) is 0. The van der Waals surface area contributed by atoms with E-state index in [0.717, 1.165) is 26.1 Å². The van der Waals surface area contributed by atoms with Crippen LogP contribution in [-0.4, -0.2) is 36.2 Å². The highest BCUT2D eigenvalue weighted by Crippen LogP contribution is 1.89. The molecule has 0 radical (unpaired) electrons. The second-order valence-corrected chi connectivity index (χ2v) is 2.24. The van der Waals surface area contributed by atoms with Crippen molar-refractivity contribution in [3.05, 3.63) is 12.7 Å². The zero-order valence-electron chi connectivity index (χ0n) is 6.71. The molecule has 0 rings (SSSR count). The van der Waals surface area contributed by atoms with Crippen LogP contribution in [0.2, 0.25) is 0 Å². The molecular weight excluding hydrogens is 126 g/mol. The Morgan fingerprint density at radius 1 is 1.50 bits per heavy atom. The lowest BCUT2D eigenvalue weighted by Crippen LogP contribution is -2.27. The molecule has 60 valence electrons. The summed E-state index contributed by atoms with van der Waals surface area (Å²) in [6.45, 7) is 8.79. The quantitative estimate of drug-likeness (QED) is 0.558. The molecule has 0 aliphatic heterocycles. The van der Waals surface area contributed by atoms with Gasteiger partial charge in [0.15, 0.2) is 0 Å². The average Bonchev–Trinajstić information content (AvgIpc) is 1.98. The number of hydrogen-bond donors (Lipinski definition) is 1. The van der Waals surface area contributed by atoms with Crippen molar-refractivity contribution >= 4 is 0 Å². The van der Waals surface area contributed by atoms with Gasteiger partial charge in [-0.2, -0.15) is 0 Å². The van der Waals surface area contributed by atoms with Crippen LogP contribution in [0.15, 0.2) is 12.7 Å². The monoisotopic (exact) mass is 143 g/mol. The maximum absolute atomic E-state index is 8.60. The molecule has 0 aromatic rings. The van der Waals surface area contributed by atoms with Crippen molar-refractivity contribution in [1.82, 2.24) is 4.90 Å². The average molecular weight is 143 g/mol. The van der Waals surface area contributed by atoms with E-state index >= 15 is 0 Å². The van der Waals surface area contributed by atoms with Gasteiger partial charge in [0.2, 0.25) is 0 Å². The number of aliphatic hydroxyl groups is 1. The van der Waals surface area contributed by atoms with Crippen molar-refractivity contribution in [3.63, 3.8) is 0 Å². The first-order chi connectivity index (χ1) is 4.85. The van der Waals surface area contributed by atoms with Gasteiger partial charge >= 0.3 is 0 Å². The summed E-state index contributed by atoms with van der Waals surface area (Å²) in [4.78, 5) is 2.20. The molecule has 0 aromatic carbocycles. The highest BCUT2D eigenvalue weighted by molar-refractivity contribution is 4.68. The van der Waals surface area contributed by atoms with Crippen molar-refractivity contribution in [2.24, 2.45) is 0 Å². The van der Waals surface area contributed by atoms with Crippen LogP contribution in [0.3, 0.4) is 0 Å². The van der Waals surface area contributed by atoms with Crippen molar-refractivity contribution in [1.29, 1.82) is 0 Å². The van der Waals surface area contributed by atoms with Gasteiger partial charge in [-0.1, -0.05) is 13.0 Å². The van der Waals surface area contributed by atoms with Crippen molar-refractivity contribution in [2.75, 3.05) is 26.2 Å². The minimum absolute atomic E-state index is 0.255. The molecule has 0 saturated heterocycles. The number of rotatable bonds is 6. The molecule has 0 spiro atoms. The Morgan fingerprint density at radius 3 is 2.60 bits per heavy atom. The van der Waals surface area contributed by atoms with E-state index in [1.165, 1.54) is 0 Å². The van der Waals surface area contributed by atoms with E-state index in [1.54, 1.807) is 0 Å². The van der Waals surface area contributed by atoms with Crippen LogP contribution < -0.4 is 0 Å². The third-order valence-electron chi connectivity index (χ3n) is 1.51. The van der Waals surface area contributed by atoms with E-state index in [9.17, 15) is 0 Å². The molecule has 0 atom stereocenters. The zero-order valence-corrected chi connectivity index (χ0v) is 6.71. The van der Waals surface area contributed by atoms with E-state index in [4.69, 9.17) is 5.11 Å². The summed E-state index contributed by atoms with van der Waals surface area (Å²) in [6.07, 6.45) is 2.91. The van der Waals surface area contributed by atoms with Crippen molar-refractivity contribution in [3.8, 4) is 0 Å². The van der Waals surface area contributed by atoms with Crippen LogP contribution in [-0.2, 0) is 0 Å². The molecular formula is C8H17NO. The van der Waals surface area contributed by atoms with E-state index in [2.05, 4.69) is 18.4 Å². The highest BCUT2D eigenvalue weighted by Gasteiger charge is 1.97. The van der Waals surface area contributed by atoms with Gasteiger partial charge in [0.25, 0.3) is 0 Å². The third-order valence-corrected chi connectivity index (χ3v) is 1.51. The normalized spacial score (nSPS) is 10.3. The Balaban J connectivity index is 3.29. The molecule has 10 heavy (non-hydrogen) atoms. The number of aliphatic hydroxyl groups excluding tert-OH is 1. The maximum atomic E-state index is 8.60. The number of likely N-dealkylation sites (N-methyl/N-ethyl adjacent to an activating group) is 1. The standard InChI is InChI=1S/C8H17NO/c1-3-5-6-9(4-2)7-8-10/h3,10H,1,4-8H2,2H3. The first-order valence-corrected chi connectivity index (χ1v) is 3.79. The second-order valence-electron chi connectivity index (χ2n) is 2.24. The zero-order chi connectivity index (χ0) is 7.82. The first-order valence-electron chi connectivity index (χ1n) is 3.79. The molecule has 0 unspecified atom stereocenters. The van der Waals surface area contributed by atoms with Gasteiger partial charge in [0, 0.05) is 13.1 Å². The SMILES string of the molecule is C=CCCN(CC)CCO. The maximum Gasteiger partial charge on any atom is 0.0558 e. The fourth-order valence-electron chi connectivity index (χ4n) is 0.843. The number of hydrogen-bond acceptors (Lipinski definition) is 2. The minimum Gasteiger partial charge on any atom is -0.395 e. The van der Waals surface area contributed by atoms with Crippen LogP contribution in [0.1, 0.15) is 13.3 Å². The fourth-order valence-corrected chi connectivity index (χ4v) is 0.843. The lowest BCUT2D eigenvalue weighted by Gasteiger charge is -2.17. The summed E-state index contributed by atoms with van der Waals surface area (Å²) >= 11 is 0. The molecule has 0 aromatic heterocycles. The predicted molar refractivity (Wildman–Crippen MR) is 44.0 cm³/mol. The van der Waals surface area contributed by atoms with Crippen LogP contribution in [0.25, 0.3) is 0 Å². The van der Waals surface area contributed by atoms with Gasteiger partial charge in [0.1, 0.15) is 0 Å². The molecule has 0 saturated carbocycles. The Hall–Kier alpha value is -0.340. The van der Waals surface area contributed by atoms with Gasteiger partial charge < -0.3 is 10.0 Å². The smallest absolute Gasteiger partial charge is 0.0558 e. The Bertz CT molecular complexity index is 83.3. The highest BCUT2D eigenvalue weighted by atomic mass is 16.3. The Kier molecular flexibility index (Phi) is 6.55. The Morgan fingerprint density at radius 2 is 2.20 bits per heavy atom. The van der Waals surface area contributed by atoms with Gasteiger partial charge in [-0.15, -0.1) is 6.58 Å². The molecule has 1 N–H and O–H groups in total. The summed E-state index contributed by atoms with van der Waals surface area (Å²) < 4.78 is 0. The Labute approximate surface area is 63.2 Å². The fraction of sp³-hybridized carbons (Fsp3) is 0.750. The topological polar surface area (TPSA) is 23.5 Å². The summed E-state index contributed by atoms with van der Waals surface area (Å²) in [5, 5.41) is 8.60. The van der Waals surface area contributed by atoms with Crippen LogP contribution >= 0.6 is 0 Å². The van der Waals surface area contributed by atoms with Gasteiger partial charge in [0.05, 0.1) is 6.61 Å². The molecule has 0 aliphatic carbocycles. The molecule has 2 nitrogen and oxygen atoms in total. The molecule has 0 amide bonds. The van der Waals surface area contributed by atoms with E-state index in [0.29, 0.717) is 0 Å². The van der Waals surface area contributed by atoms with Gasteiger partial charge in [-0.05, 0) is 13.0 Å². The molecule has 0 fully saturated rings. The molecule has 2 heteroatoms. The summed E-state index contributed by atoms with van der Waals surface area (Å²) in [7, 11) is 0. The van der Waals surface area contributed by atoms with Gasteiger partial charge in [-0.3, -0.25) is 0 Å². The van der Waals surface area contributed by atoms with Gasteiger partial charge in [-0.25, -0.2) is 0 Å². The minimum atomic E-state index is 0.255. The second kappa shape index (κ2) is 6.78. The lowest BCUT2D eigenvalue weighted by molar-refractivity contribution is 0.204. The number of nitrogens with zero attached hydrogens (tertiary/aromatic N) is 1. The largest absolute Gasteiger partial charge is 0.395 e. The first kappa shape index (κ1) is 9.66. The van der Waals surface area contributed by atoms with Crippen molar-refractivity contribution < 1.29 is 5.11 Å². The van der Waals surface area contributed by atoms with Crippen LogP contribution in [0, 0.1) is 0 Å². The van der Waals surface area contributed by atoms with E-state index in [-0.39, 0.29) is 6.61 Å². The lowest BCUT2D eigenvalue weighted by atomic mass is 10.3. The third kappa shape index (κ3) is 4.53. The van der Waals surface area contributed by atoms with Crippen LogP contribution in [0.5, 0.6) is 0 Å². The summed E-state index contributed by atoms with van der Waals surface area (Å²) in [6, 6.07) is 0. The predicted octanol–water partition coefficient (Wildman–Crippen LogP) is 0.877. The van der Waals surface area contributed by atoms with E-state index in [1.807, 2.05) is 6.08 Å². The van der Waals surface area contributed by atoms with Crippen molar-refractivity contribution in [2.45, 2.75) is 13.3 Å². The van der Waals surface area contributed by atoms with Crippen LogP contribution in [0.4, 0.5) is 0 Å².